The van der Waals surface area contributed by atoms with Gasteiger partial charge in [0, 0.05) is 23.1 Å². The van der Waals surface area contributed by atoms with Crippen molar-refractivity contribution in [3.8, 4) is 28.3 Å². The molecule has 4 rings (SSSR count). The number of nitrogens with zero attached hydrogens (tertiary/aromatic N) is 3. The molecule has 0 bridgehead atoms. The van der Waals surface area contributed by atoms with Crippen LogP contribution in [0.2, 0.25) is 0 Å². The first-order valence-electron chi connectivity index (χ1n) is 13.1. The molecule has 1 amide bonds. The van der Waals surface area contributed by atoms with Gasteiger partial charge in [0.2, 0.25) is 5.91 Å². The minimum absolute atomic E-state index is 0.0836. The maximum Gasteiger partial charge on any atom is 0.341 e. The number of anilines is 1. The van der Waals surface area contributed by atoms with Crippen molar-refractivity contribution < 1.29 is 19.1 Å². The van der Waals surface area contributed by atoms with Gasteiger partial charge in [-0.3, -0.25) is 9.36 Å². The van der Waals surface area contributed by atoms with Crippen LogP contribution in [-0.4, -0.2) is 45.6 Å². The summed E-state index contributed by atoms with van der Waals surface area (Å²) in [6.45, 7) is 9.15. The fraction of sp³-hybridized carbons (Fsp3) is 0.267. The van der Waals surface area contributed by atoms with Crippen LogP contribution in [0.1, 0.15) is 37.0 Å². The van der Waals surface area contributed by atoms with Crippen LogP contribution in [-0.2, 0) is 16.1 Å². The largest absolute Gasteiger partial charge is 0.494 e. The first kappa shape index (κ1) is 29.1. The minimum Gasteiger partial charge on any atom is -0.494 e. The van der Waals surface area contributed by atoms with Crippen molar-refractivity contribution in [1.29, 1.82) is 0 Å². The summed E-state index contributed by atoms with van der Waals surface area (Å²) in [5.41, 5.74) is 2.85. The van der Waals surface area contributed by atoms with Crippen molar-refractivity contribution in [2.75, 3.05) is 24.3 Å². The lowest BCUT2D eigenvalue weighted by molar-refractivity contribution is -0.113. The molecule has 208 valence electrons. The van der Waals surface area contributed by atoms with E-state index in [0.717, 1.165) is 35.3 Å². The normalized spacial score (nSPS) is 10.8. The van der Waals surface area contributed by atoms with Crippen LogP contribution < -0.4 is 10.1 Å². The molecule has 2 aromatic carbocycles. The lowest BCUT2D eigenvalue weighted by Crippen LogP contribution is -2.17. The predicted molar refractivity (Wildman–Crippen MR) is 161 cm³/mol. The van der Waals surface area contributed by atoms with Gasteiger partial charge >= 0.3 is 5.97 Å². The summed E-state index contributed by atoms with van der Waals surface area (Å²) >= 11 is 2.56. The number of esters is 1. The lowest BCUT2D eigenvalue weighted by atomic mass is 10.0. The van der Waals surface area contributed by atoms with Crippen molar-refractivity contribution in [3.05, 3.63) is 78.2 Å². The van der Waals surface area contributed by atoms with Crippen LogP contribution >= 0.6 is 23.1 Å². The number of amides is 1. The standard InChI is InChI=1S/C30H32N4O4S2/c1-4-7-18-38-23-15-13-22(14-16-23)27-32-33-30(34(27)17-5-2)40-20-25(35)31-28-26(29(36)37-6-3)24(19-39-28)21-11-9-8-10-12-21/h5,8-16,19H,2,4,6-7,17-18,20H2,1,3H3,(H,31,35). The molecule has 0 aliphatic carbocycles. The molecule has 0 unspecified atom stereocenters. The molecule has 4 aromatic rings. The van der Waals surface area contributed by atoms with Gasteiger partial charge in [0.25, 0.3) is 0 Å². The average Bonchev–Trinajstić information content (AvgIpc) is 3.57. The van der Waals surface area contributed by atoms with E-state index in [1.807, 2.05) is 64.5 Å². The molecule has 2 heterocycles. The molecular formula is C30H32N4O4S2. The topological polar surface area (TPSA) is 95.3 Å². The number of unbranched alkanes of at least 4 members (excludes halogenated alkanes) is 1. The van der Waals surface area contributed by atoms with E-state index in [4.69, 9.17) is 9.47 Å². The summed E-state index contributed by atoms with van der Waals surface area (Å²) in [5.74, 6) is 0.839. The van der Waals surface area contributed by atoms with Gasteiger partial charge in [-0.2, -0.15) is 0 Å². The van der Waals surface area contributed by atoms with Crippen LogP contribution in [0.5, 0.6) is 5.75 Å². The molecule has 0 aliphatic heterocycles. The average molecular weight is 577 g/mol. The van der Waals surface area contributed by atoms with Gasteiger partial charge in [-0.05, 0) is 43.2 Å². The Balaban J connectivity index is 1.47. The van der Waals surface area contributed by atoms with E-state index >= 15 is 0 Å². The summed E-state index contributed by atoms with van der Waals surface area (Å²) < 4.78 is 13.0. The van der Waals surface area contributed by atoms with Crippen LogP contribution in [0.3, 0.4) is 0 Å². The Morgan fingerprint density at radius 1 is 1.07 bits per heavy atom. The van der Waals surface area contributed by atoms with E-state index < -0.39 is 5.97 Å². The van der Waals surface area contributed by atoms with Gasteiger partial charge in [-0.25, -0.2) is 4.79 Å². The molecule has 8 nitrogen and oxygen atoms in total. The maximum absolute atomic E-state index is 13.0. The summed E-state index contributed by atoms with van der Waals surface area (Å²) in [6, 6.07) is 17.3. The Morgan fingerprint density at radius 3 is 2.55 bits per heavy atom. The number of hydrogen-bond donors (Lipinski definition) is 1. The smallest absolute Gasteiger partial charge is 0.341 e. The molecule has 0 fully saturated rings. The number of thioether (sulfide) groups is 1. The molecule has 0 atom stereocenters. The minimum atomic E-state index is -0.470. The number of rotatable bonds is 14. The SMILES string of the molecule is C=CCn1c(SCC(=O)Nc2scc(-c3ccccc3)c2C(=O)OCC)nnc1-c1ccc(OCCCC)cc1. The highest BCUT2D eigenvalue weighted by Crippen LogP contribution is 2.36. The molecule has 0 spiro atoms. The van der Waals surface area contributed by atoms with E-state index in [9.17, 15) is 9.59 Å². The molecule has 0 saturated carbocycles. The zero-order valence-electron chi connectivity index (χ0n) is 22.6. The van der Waals surface area contributed by atoms with Gasteiger partial charge in [-0.15, -0.1) is 28.1 Å². The van der Waals surface area contributed by atoms with E-state index in [1.54, 1.807) is 13.0 Å². The van der Waals surface area contributed by atoms with Crippen LogP contribution in [0.4, 0.5) is 5.00 Å². The quantitative estimate of drug-likeness (QED) is 0.0751. The number of hydrogen-bond acceptors (Lipinski definition) is 8. The van der Waals surface area contributed by atoms with Gasteiger partial charge in [0.15, 0.2) is 11.0 Å². The second kappa shape index (κ2) is 14.5. The molecule has 10 heteroatoms. The van der Waals surface area contributed by atoms with Gasteiger partial charge < -0.3 is 14.8 Å². The second-order valence-corrected chi connectivity index (χ2v) is 10.5. The number of allylic oxidation sites excluding steroid dienone is 1. The van der Waals surface area contributed by atoms with Gasteiger partial charge in [-0.1, -0.05) is 61.5 Å². The van der Waals surface area contributed by atoms with Crippen molar-refractivity contribution in [2.24, 2.45) is 0 Å². The first-order chi connectivity index (χ1) is 19.5. The third-order valence-corrected chi connectivity index (χ3v) is 7.71. The Morgan fingerprint density at radius 2 is 1.85 bits per heavy atom. The first-order valence-corrected chi connectivity index (χ1v) is 15.0. The van der Waals surface area contributed by atoms with E-state index in [1.165, 1.54) is 23.1 Å². The maximum atomic E-state index is 13.0. The molecule has 0 radical (unpaired) electrons. The lowest BCUT2D eigenvalue weighted by Gasteiger charge is -2.10. The number of nitrogens with one attached hydrogen (secondary N) is 1. The zero-order chi connectivity index (χ0) is 28.3. The Kier molecular flexibility index (Phi) is 10.5. The number of aromatic nitrogens is 3. The third kappa shape index (κ3) is 7.19. The van der Waals surface area contributed by atoms with Crippen molar-refractivity contribution >= 4 is 40.0 Å². The second-order valence-electron chi connectivity index (χ2n) is 8.71. The number of benzene rings is 2. The Labute approximate surface area is 242 Å². The fourth-order valence-electron chi connectivity index (χ4n) is 3.92. The molecule has 2 aromatic heterocycles. The summed E-state index contributed by atoms with van der Waals surface area (Å²) in [5, 5.41) is 14.5. The van der Waals surface area contributed by atoms with Crippen LogP contribution in [0, 0.1) is 0 Å². The highest BCUT2D eigenvalue weighted by molar-refractivity contribution is 7.99. The summed E-state index contributed by atoms with van der Waals surface area (Å²) in [4.78, 5) is 25.8. The van der Waals surface area contributed by atoms with E-state index in [0.29, 0.717) is 34.7 Å². The van der Waals surface area contributed by atoms with Crippen LogP contribution in [0.25, 0.3) is 22.5 Å². The summed E-state index contributed by atoms with van der Waals surface area (Å²) in [7, 11) is 0. The molecule has 40 heavy (non-hydrogen) atoms. The number of carbonyl (C=O) groups is 2. The van der Waals surface area contributed by atoms with Crippen molar-refractivity contribution in [2.45, 2.75) is 38.4 Å². The predicted octanol–water partition coefficient (Wildman–Crippen LogP) is 6.95. The monoisotopic (exact) mass is 576 g/mol. The van der Waals surface area contributed by atoms with E-state index in [-0.39, 0.29) is 18.3 Å². The highest BCUT2D eigenvalue weighted by Gasteiger charge is 2.23. The molecule has 1 N–H and O–H groups in total. The van der Waals surface area contributed by atoms with Gasteiger partial charge in [0.05, 0.1) is 19.0 Å². The van der Waals surface area contributed by atoms with Crippen molar-refractivity contribution in [3.63, 3.8) is 0 Å². The number of ether oxygens (including phenoxy) is 2. The summed E-state index contributed by atoms with van der Waals surface area (Å²) in [6.07, 6.45) is 3.85. The van der Waals surface area contributed by atoms with Crippen molar-refractivity contribution in [1.82, 2.24) is 14.8 Å². The molecule has 0 aliphatic rings. The Hall–Kier alpha value is -3.89. The van der Waals surface area contributed by atoms with Crippen LogP contribution in [0.15, 0.2) is 77.8 Å². The van der Waals surface area contributed by atoms with E-state index in [2.05, 4.69) is 29.0 Å². The highest BCUT2D eigenvalue weighted by atomic mass is 32.2. The number of thiophene rings is 1. The Bertz CT molecular complexity index is 1430. The molecule has 0 saturated heterocycles. The fourth-order valence-corrected chi connectivity index (χ4v) is 5.64. The third-order valence-electron chi connectivity index (χ3n) is 5.85. The zero-order valence-corrected chi connectivity index (χ0v) is 24.2. The van der Waals surface area contributed by atoms with Gasteiger partial charge in [0.1, 0.15) is 16.3 Å². The molecular weight excluding hydrogens is 544 g/mol. The number of carbonyl (C=O) groups excluding carboxylic acids is 2.